The number of piperazine rings is 1. The van der Waals surface area contributed by atoms with Gasteiger partial charge in [-0.25, -0.2) is 0 Å². The average Bonchev–Trinajstić information content (AvgIpc) is 3.49. The highest BCUT2D eigenvalue weighted by atomic mass is 16.7. The summed E-state index contributed by atoms with van der Waals surface area (Å²) in [5.74, 6) is 1.61. The van der Waals surface area contributed by atoms with Gasteiger partial charge in [0.1, 0.15) is 0 Å². The van der Waals surface area contributed by atoms with E-state index in [0.717, 1.165) is 12.5 Å². The fraction of sp³-hybridized carbons (Fsp3) is 0.464. The van der Waals surface area contributed by atoms with Crippen LogP contribution in [-0.2, 0) is 0 Å². The fourth-order valence-corrected chi connectivity index (χ4v) is 6.36. The average molecular weight is 461 g/mol. The van der Waals surface area contributed by atoms with Crippen molar-refractivity contribution in [2.45, 2.75) is 57.4 Å². The monoisotopic (exact) mass is 460 g/mol. The van der Waals surface area contributed by atoms with E-state index in [9.17, 15) is 4.79 Å². The smallest absolute Gasteiger partial charge is 0.254 e. The van der Waals surface area contributed by atoms with E-state index in [2.05, 4.69) is 35.2 Å². The number of methoxy groups -OCH3 is 1. The first-order chi connectivity index (χ1) is 16.4. The van der Waals surface area contributed by atoms with Crippen molar-refractivity contribution in [2.75, 3.05) is 20.2 Å². The molecule has 6 rings (SSSR count). The van der Waals surface area contributed by atoms with E-state index < -0.39 is 5.79 Å². The summed E-state index contributed by atoms with van der Waals surface area (Å²) < 4.78 is 17.4. The van der Waals surface area contributed by atoms with Crippen molar-refractivity contribution in [2.24, 2.45) is 5.92 Å². The summed E-state index contributed by atoms with van der Waals surface area (Å²) in [5, 5.41) is 0. The largest absolute Gasteiger partial charge is 0.493 e. The number of hydrogen-bond donors (Lipinski definition) is 0. The first-order valence-corrected chi connectivity index (χ1v) is 12.3. The van der Waals surface area contributed by atoms with Crippen LogP contribution in [0.5, 0.6) is 17.2 Å². The summed E-state index contributed by atoms with van der Waals surface area (Å²) in [7, 11) is 1.59. The molecule has 3 fully saturated rings. The molecular formula is C28H32N2O4. The zero-order valence-corrected chi connectivity index (χ0v) is 20.1. The van der Waals surface area contributed by atoms with Crippen LogP contribution in [0.3, 0.4) is 0 Å². The number of carbonyl (C=O) groups excluding carboxylic acids is 1. The Bertz CT molecular complexity index is 1140. The Morgan fingerprint density at radius 1 is 1.15 bits per heavy atom. The van der Waals surface area contributed by atoms with Crippen LogP contribution in [0.4, 0.5) is 0 Å². The molecule has 0 unspecified atom stereocenters. The van der Waals surface area contributed by atoms with Gasteiger partial charge in [-0.2, -0.15) is 0 Å². The molecule has 6 heteroatoms. The lowest BCUT2D eigenvalue weighted by atomic mass is 10.0. The second kappa shape index (κ2) is 7.97. The summed E-state index contributed by atoms with van der Waals surface area (Å²) >= 11 is 0. The lowest BCUT2D eigenvalue weighted by Gasteiger charge is -2.43. The Balaban J connectivity index is 1.33. The second-order valence-corrected chi connectivity index (χ2v) is 10.4. The number of ether oxygens (including phenoxy) is 3. The second-order valence-electron chi connectivity index (χ2n) is 10.4. The Kier molecular flexibility index (Phi) is 5.01. The standard InChI is InChI=1S/C28H32N2O4/c1-28(2)33-25-15-20(14-24(32-3)26(25)34-28)27(31)29-16-21(12-18-8-5-4-6-9-18)30-22(17-29)13-19-10-7-11-23(19)30/h4-6,8-9,12,14-15,19,22-23H,7,10-11,13,16-17H2,1-3H3/b21-12-/t19-,22-,23-/m0/s1. The van der Waals surface area contributed by atoms with Crippen molar-refractivity contribution in [1.29, 1.82) is 0 Å². The predicted molar refractivity (Wildman–Crippen MR) is 130 cm³/mol. The van der Waals surface area contributed by atoms with Gasteiger partial charge in [0.05, 0.1) is 13.7 Å². The zero-order chi connectivity index (χ0) is 23.4. The maximum Gasteiger partial charge on any atom is 0.254 e. The molecule has 0 aromatic heterocycles. The number of hydrogen-bond acceptors (Lipinski definition) is 5. The van der Waals surface area contributed by atoms with Crippen LogP contribution in [0.2, 0.25) is 0 Å². The Hall–Kier alpha value is -3.15. The molecular weight excluding hydrogens is 428 g/mol. The predicted octanol–water partition coefficient (Wildman–Crippen LogP) is 4.94. The molecule has 6 nitrogen and oxygen atoms in total. The third kappa shape index (κ3) is 3.60. The van der Waals surface area contributed by atoms with Gasteiger partial charge in [-0.05, 0) is 49.0 Å². The van der Waals surface area contributed by atoms with E-state index in [0.29, 0.717) is 41.4 Å². The van der Waals surface area contributed by atoms with Crippen molar-refractivity contribution in [3.8, 4) is 17.2 Å². The first kappa shape index (κ1) is 21.4. The highest BCUT2D eigenvalue weighted by Crippen LogP contribution is 2.48. The van der Waals surface area contributed by atoms with Crippen LogP contribution in [0.25, 0.3) is 6.08 Å². The van der Waals surface area contributed by atoms with Gasteiger partial charge in [0, 0.05) is 43.7 Å². The van der Waals surface area contributed by atoms with Gasteiger partial charge in [0.25, 0.3) is 5.91 Å². The molecule has 1 amide bonds. The minimum absolute atomic E-state index is 0.00470. The van der Waals surface area contributed by atoms with E-state index in [1.165, 1.54) is 36.9 Å². The molecule has 4 aliphatic rings. The lowest BCUT2D eigenvalue weighted by molar-refractivity contribution is -0.0439. The molecule has 2 aromatic carbocycles. The maximum atomic E-state index is 13.8. The number of benzene rings is 2. The molecule has 2 saturated heterocycles. The lowest BCUT2D eigenvalue weighted by Crippen LogP contribution is -2.52. The quantitative estimate of drug-likeness (QED) is 0.649. The first-order valence-electron chi connectivity index (χ1n) is 12.3. The number of fused-ring (bicyclic) bond motifs is 4. The van der Waals surface area contributed by atoms with Crippen LogP contribution >= 0.6 is 0 Å². The van der Waals surface area contributed by atoms with Gasteiger partial charge in [-0.15, -0.1) is 0 Å². The number of amides is 1. The third-order valence-corrected chi connectivity index (χ3v) is 7.67. The molecule has 0 radical (unpaired) electrons. The van der Waals surface area contributed by atoms with Crippen molar-refractivity contribution < 1.29 is 19.0 Å². The molecule has 0 spiro atoms. The van der Waals surface area contributed by atoms with E-state index in [-0.39, 0.29) is 5.91 Å². The molecule has 2 aromatic rings. The van der Waals surface area contributed by atoms with E-state index >= 15 is 0 Å². The molecule has 1 saturated carbocycles. The van der Waals surface area contributed by atoms with Gasteiger partial charge in [-0.1, -0.05) is 36.8 Å². The summed E-state index contributed by atoms with van der Waals surface area (Å²) in [6.45, 7) is 5.06. The van der Waals surface area contributed by atoms with Crippen molar-refractivity contribution in [3.05, 3.63) is 59.3 Å². The molecule has 0 N–H and O–H groups in total. The topological polar surface area (TPSA) is 51.2 Å². The fourth-order valence-electron chi connectivity index (χ4n) is 6.36. The summed E-state index contributed by atoms with van der Waals surface area (Å²) in [5.41, 5.74) is 3.00. The van der Waals surface area contributed by atoms with Crippen molar-refractivity contribution in [1.82, 2.24) is 9.80 Å². The molecule has 178 valence electrons. The molecule has 34 heavy (non-hydrogen) atoms. The molecule has 0 bridgehead atoms. The zero-order valence-electron chi connectivity index (χ0n) is 20.1. The van der Waals surface area contributed by atoms with Crippen molar-refractivity contribution >= 4 is 12.0 Å². The van der Waals surface area contributed by atoms with Crippen LogP contribution in [0.1, 0.15) is 55.5 Å². The Labute approximate surface area is 201 Å². The molecule has 1 aliphatic carbocycles. The number of nitrogens with zero attached hydrogens (tertiary/aromatic N) is 2. The minimum atomic E-state index is -0.782. The van der Waals surface area contributed by atoms with Crippen molar-refractivity contribution in [3.63, 3.8) is 0 Å². The maximum absolute atomic E-state index is 13.8. The van der Waals surface area contributed by atoms with Crippen LogP contribution < -0.4 is 14.2 Å². The van der Waals surface area contributed by atoms with Gasteiger partial charge in [0.15, 0.2) is 11.5 Å². The summed E-state index contributed by atoms with van der Waals surface area (Å²) in [6, 6.07) is 15.0. The number of carbonyl (C=O) groups is 1. The van der Waals surface area contributed by atoms with Gasteiger partial charge in [0.2, 0.25) is 11.5 Å². The van der Waals surface area contributed by atoms with Crippen LogP contribution in [0.15, 0.2) is 48.2 Å². The Morgan fingerprint density at radius 3 is 2.76 bits per heavy atom. The van der Waals surface area contributed by atoms with E-state index in [4.69, 9.17) is 14.2 Å². The van der Waals surface area contributed by atoms with E-state index in [1.807, 2.05) is 24.8 Å². The minimum Gasteiger partial charge on any atom is -0.493 e. The van der Waals surface area contributed by atoms with Gasteiger partial charge < -0.3 is 24.0 Å². The Morgan fingerprint density at radius 2 is 1.97 bits per heavy atom. The summed E-state index contributed by atoms with van der Waals surface area (Å²) in [6.07, 6.45) is 7.32. The summed E-state index contributed by atoms with van der Waals surface area (Å²) in [4.78, 5) is 18.4. The highest BCUT2D eigenvalue weighted by Gasteiger charge is 2.47. The number of rotatable bonds is 3. The highest BCUT2D eigenvalue weighted by molar-refractivity contribution is 5.96. The van der Waals surface area contributed by atoms with E-state index in [1.54, 1.807) is 19.2 Å². The van der Waals surface area contributed by atoms with Gasteiger partial charge >= 0.3 is 0 Å². The SMILES string of the molecule is COc1cc(C(=O)N2C/C(=C/c3ccccc3)N3[C@@H](C[C@@H]4CCC[C@@H]43)C2)cc2c1OC(C)(C)O2. The molecule has 3 atom stereocenters. The normalized spacial score (nSPS) is 27.6. The van der Waals surface area contributed by atoms with Crippen LogP contribution in [-0.4, -0.2) is 53.8 Å². The molecule has 3 heterocycles. The van der Waals surface area contributed by atoms with Gasteiger partial charge in [-0.3, -0.25) is 4.79 Å². The third-order valence-electron chi connectivity index (χ3n) is 7.67. The van der Waals surface area contributed by atoms with Crippen LogP contribution in [0, 0.1) is 5.92 Å². The molecule has 3 aliphatic heterocycles.